The SMILES string of the molecule is Cc1cc(N(C)C)c2c(N)c(C(N)=O)sc2n1. The third-order valence-electron chi connectivity index (χ3n) is 2.51. The first-order chi connectivity index (χ1) is 7.91. The predicted molar refractivity (Wildman–Crippen MR) is 71.6 cm³/mol. The third kappa shape index (κ3) is 1.80. The third-order valence-corrected chi connectivity index (χ3v) is 3.63. The Hall–Kier alpha value is -1.82. The topological polar surface area (TPSA) is 85.2 Å². The van der Waals surface area contributed by atoms with E-state index in [9.17, 15) is 4.79 Å². The fourth-order valence-electron chi connectivity index (χ4n) is 1.76. The van der Waals surface area contributed by atoms with Crippen LogP contribution in [0.5, 0.6) is 0 Å². The van der Waals surface area contributed by atoms with E-state index in [1.807, 2.05) is 32.0 Å². The van der Waals surface area contributed by atoms with E-state index in [4.69, 9.17) is 11.5 Å². The molecule has 0 radical (unpaired) electrons. The monoisotopic (exact) mass is 250 g/mol. The lowest BCUT2D eigenvalue weighted by Crippen LogP contribution is -2.12. The van der Waals surface area contributed by atoms with E-state index in [1.165, 1.54) is 11.3 Å². The van der Waals surface area contributed by atoms with Gasteiger partial charge in [0.25, 0.3) is 5.91 Å². The summed E-state index contributed by atoms with van der Waals surface area (Å²) in [4.78, 5) is 18.7. The minimum Gasteiger partial charge on any atom is -0.397 e. The number of primary amides is 1. The molecule has 2 aromatic rings. The zero-order chi connectivity index (χ0) is 12.7. The van der Waals surface area contributed by atoms with Crippen LogP contribution in [0.25, 0.3) is 10.2 Å². The molecule has 0 aliphatic rings. The van der Waals surface area contributed by atoms with Crippen molar-refractivity contribution in [3.63, 3.8) is 0 Å². The second-order valence-electron chi connectivity index (χ2n) is 4.07. The van der Waals surface area contributed by atoms with Crippen molar-refractivity contribution >= 4 is 38.8 Å². The van der Waals surface area contributed by atoms with Crippen LogP contribution in [0.1, 0.15) is 15.4 Å². The Bertz CT molecular complexity index is 603. The van der Waals surface area contributed by atoms with Crippen molar-refractivity contribution in [3.8, 4) is 0 Å². The Morgan fingerprint density at radius 2 is 2.12 bits per heavy atom. The van der Waals surface area contributed by atoms with Gasteiger partial charge in [-0.15, -0.1) is 11.3 Å². The Kier molecular flexibility index (Phi) is 2.66. The molecular formula is C11H14N4OS. The molecule has 5 nitrogen and oxygen atoms in total. The van der Waals surface area contributed by atoms with Crippen molar-refractivity contribution in [3.05, 3.63) is 16.6 Å². The van der Waals surface area contributed by atoms with Crippen molar-refractivity contribution in [1.82, 2.24) is 4.98 Å². The van der Waals surface area contributed by atoms with Gasteiger partial charge in [0.15, 0.2) is 0 Å². The van der Waals surface area contributed by atoms with Crippen LogP contribution in [-0.2, 0) is 0 Å². The molecule has 0 saturated carbocycles. The largest absolute Gasteiger partial charge is 0.397 e. The maximum absolute atomic E-state index is 11.3. The average molecular weight is 250 g/mol. The molecule has 17 heavy (non-hydrogen) atoms. The number of rotatable bonds is 2. The van der Waals surface area contributed by atoms with Crippen LogP contribution in [0.15, 0.2) is 6.07 Å². The van der Waals surface area contributed by atoms with Crippen LogP contribution < -0.4 is 16.4 Å². The first-order valence-electron chi connectivity index (χ1n) is 5.08. The number of nitrogens with zero attached hydrogens (tertiary/aromatic N) is 2. The number of hydrogen-bond donors (Lipinski definition) is 2. The summed E-state index contributed by atoms with van der Waals surface area (Å²) in [5.41, 5.74) is 13.5. The van der Waals surface area contributed by atoms with Crippen molar-refractivity contribution in [2.24, 2.45) is 5.73 Å². The number of anilines is 2. The number of amides is 1. The standard InChI is InChI=1S/C11H14N4OS/c1-5-4-6(15(2)3)7-8(12)9(10(13)16)17-11(7)14-5/h4H,12H2,1-3H3,(H2,13,16). The zero-order valence-electron chi connectivity index (χ0n) is 9.94. The molecule has 90 valence electrons. The van der Waals surface area contributed by atoms with Gasteiger partial charge in [-0.3, -0.25) is 4.79 Å². The number of nitrogen functional groups attached to an aromatic ring is 1. The molecule has 4 N–H and O–H groups in total. The summed E-state index contributed by atoms with van der Waals surface area (Å²) in [5.74, 6) is -0.507. The van der Waals surface area contributed by atoms with Crippen LogP contribution in [0.4, 0.5) is 11.4 Å². The Labute approximate surface area is 103 Å². The molecule has 1 amide bonds. The molecular weight excluding hydrogens is 236 g/mol. The van der Waals surface area contributed by atoms with Crippen LogP contribution in [0, 0.1) is 6.92 Å². The number of aromatic nitrogens is 1. The summed E-state index contributed by atoms with van der Waals surface area (Å²) in [6.07, 6.45) is 0. The lowest BCUT2D eigenvalue weighted by Gasteiger charge is -2.14. The molecule has 0 spiro atoms. The molecule has 0 unspecified atom stereocenters. The van der Waals surface area contributed by atoms with E-state index in [2.05, 4.69) is 4.98 Å². The molecule has 0 aliphatic carbocycles. The quantitative estimate of drug-likeness (QED) is 0.842. The summed E-state index contributed by atoms with van der Waals surface area (Å²) in [7, 11) is 3.85. The number of hydrogen-bond acceptors (Lipinski definition) is 5. The van der Waals surface area contributed by atoms with Gasteiger partial charge in [0, 0.05) is 19.8 Å². The van der Waals surface area contributed by atoms with Gasteiger partial charge in [-0.1, -0.05) is 0 Å². The van der Waals surface area contributed by atoms with Gasteiger partial charge < -0.3 is 16.4 Å². The van der Waals surface area contributed by atoms with Crippen molar-refractivity contribution in [2.45, 2.75) is 6.92 Å². The number of fused-ring (bicyclic) bond motifs is 1. The maximum Gasteiger partial charge on any atom is 0.260 e. The van der Waals surface area contributed by atoms with Gasteiger partial charge in [-0.05, 0) is 13.0 Å². The van der Waals surface area contributed by atoms with Gasteiger partial charge >= 0.3 is 0 Å². The molecule has 2 heterocycles. The van der Waals surface area contributed by atoms with Crippen LogP contribution in [0.3, 0.4) is 0 Å². The van der Waals surface area contributed by atoms with Crippen LogP contribution in [0.2, 0.25) is 0 Å². The highest BCUT2D eigenvalue weighted by atomic mass is 32.1. The molecule has 0 bridgehead atoms. The molecule has 2 rings (SSSR count). The fourth-order valence-corrected chi connectivity index (χ4v) is 2.77. The van der Waals surface area contributed by atoms with E-state index in [0.717, 1.165) is 21.6 Å². The fraction of sp³-hybridized carbons (Fsp3) is 0.273. The Balaban J connectivity index is 2.87. The molecule has 6 heteroatoms. The minimum absolute atomic E-state index is 0.376. The van der Waals surface area contributed by atoms with Crippen molar-refractivity contribution in [1.29, 1.82) is 0 Å². The minimum atomic E-state index is -0.507. The molecule has 0 saturated heterocycles. The van der Waals surface area contributed by atoms with Crippen molar-refractivity contribution in [2.75, 3.05) is 24.7 Å². The van der Waals surface area contributed by atoms with Gasteiger partial charge in [0.1, 0.15) is 9.71 Å². The maximum atomic E-state index is 11.3. The highest BCUT2D eigenvalue weighted by Crippen LogP contribution is 2.38. The van der Waals surface area contributed by atoms with Gasteiger partial charge in [0.05, 0.1) is 16.8 Å². The van der Waals surface area contributed by atoms with Gasteiger partial charge in [-0.2, -0.15) is 0 Å². The van der Waals surface area contributed by atoms with Gasteiger partial charge in [-0.25, -0.2) is 4.98 Å². The summed E-state index contributed by atoms with van der Waals surface area (Å²) >= 11 is 1.24. The Morgan fingerprint density at radius 3 is 2.65 bits per heavy atom. The predicted octanol–water partition coefficient (Wildman–Crippen LogP) is 1.35. The van der Waals surface area contributed by atoms with Crippen LogP contribution >= 0.6 is 11.3 Å². The lowest BCUT2D eigenvalue weighted by atomic mass is 10.2. The normalized spacial score (nSPS) is 10.8. The molecule has 2 aromatic heterocycles. The molecule has 0 aliphatic heterocycles. The molecule has 0 aromatic carbocycles. The zero-order valence-corrected chi connectivity index (χ0v) is 10.8. The van der Waals surface area contributed by atoms with E-state index in [-0.39, 0.29) is 0 Å². The first kappa shape index (κ1) is 11.7. The Morgan fingerprint density at radius 1 is 1.47 bits per heavy atom. The molecule has 0 atom stereocenters. The smallest absolute Gasteiger partial charge is 0.260 e. The summed E-state index contributed by atoms with van der Waals surface area (Å²) < 4.78 is 0. The summed E-state index contributed by atoms with van der Waals surface area (Å²) in [6.45, 7) is 1.91. The van der Waals surface area contributed by atoms with Crippen molar-refractivity contribution < 1.29 is 4.79 Å². The average Bonchev–Trinajstić information content (AvgIpc) is 2.54. The summed E-state index contributed by atoms with van der Waals surface area (Å²) in [5, 5.41) is 0.805. The van der Waals surface area contributed by atoms with Crippen LogP contribution in [-0.4, -0.2) is 25.0 Å². The van der Waals surface area contributed by atoms with E-state index >= 15 is 0 Å². The second-order valence-corrected chi connectivity index (χ2v) is 5.07. The molecule has 0 fully saturated rings. The number of thiophene rings is 1. The van der Waals surface area contributed by atoms with Gasteiger partial charge in [0.2, 0.25) is 0 Å². The highest BCUT2D eigenvalue weighted by molar-refractivity contribution is 7.21. The first-order valence-corrected chi connectivity index (χ1v) is 5.90. The number of pyridine rings is 1. The van der Waals surface area contributed by atoms with E-state index in [0.29, 0.717) is 10.6 Å². The summed E-state index contributed by atoms with van der Waals surface area (Å²) in [6, 6.07) is 1.94. The van der Waals surface area contributed by atoms with E-state index < -0.39 is 5.91 Å². The lowest BCUT2D eigenvalue weighted by molar-refractivity contribution is 0.100. The highest BCUT2D eigenvalue weighted by Gasteiger charge is 2.18. The van der Waals surface area contributed by atoms with E-state index in [1.54, 1.807) is 0 Å². The number of nitrogens with two attached hydrogens (primary N) is 2. The second kappa shape index (κ2) is 3.89. The number of aryl methyl sites for hydroxylation is 1. The number of carbonyl (C=O) groups is 1. The number of carbonyl (C=O) groups excluding carboxylic acids is 1.